The van der Waals surface area contributed by atoms with Gasteiger partial charge in [-0.25, -0.2) is 4.79 Å². The summed E-state index contributed by atoms with van der Waals surface area (Å²) in [6.07, 6.45) is 1.25. The molecule has 0 bridgehead atoms. The molecule has 1 rings (SSSR count). The Hall–Kier alpha value is -3.28. The van der Waals surface area contributed by atoms with Crippen molar-refractivity contribution in [3.63, 3.8) is 0 Å². The number of carbonyl (C=O) groups is 4. The van der Waals surface area contributed by atoms with Gasteiger partial charge in [0, 0.05) is 40.9 Å². The van der Waals surface area contributed by atoms with Gasteiger partial charge in [0.1, 0.15) is 17.5 Å². The zero-order chi connectivity index (χ0) is 34.4. The van der Waals surface area contributed by atoms with Gasteiger partial charge in [-0.3, -0.25) is 19.8 Å². The van der Waals surface area contributed by atoms with E-state index in [9.17, 15) is 19.2 Å². The number of rotatable bonds is 18. The van der Waals surface area contributed by atoms with Gasteiger partial charge in [-0.15, -0.1) is 11.8 Å². The number of esters is 1. The number of thioether (sulfide) groups is 1. The van der Waals surface area contributed by atoms with E-state index in [-0.39, 0.29) is 40.7 Å². The molecule has 0 radical (unpaired) electrons. The van der Waals surface area contributed by atoms with Gasteiger partial charge in [0.25, 0.3) is 5.91 Å². The summed E-state index contributed by atoms with van der Waals surface area (Å²) >= 11 is 1.32. The number of ether oxygens (including phenoxy) is 2. The number of nitrogens with two attached hydrogens (primary N) is 1. The van der Waals surface area contributed by atoms with Gasteiger partial charge in [-0.05, 0) is 77.1 Å². The van der Waals surface area contributed by atoms with E-state index in [1.165, 1.54) is 11.8 Å². The quantitative estimate of drug-likeness (QED) is 0.0467. The molecule has 12 heteroatoms. The van der Waals surface area contributed by atoms with E-state index in [4.69, 9.17) is 20.6 Å². The predicted octanol–water partition coefficient (Wildman–Crippen LogP) is 5.27. The fourth-order valence-corrected chi connectivity index (χ4v) is 5.22. The first-order valence-electron chi connectivity index (χ1n) is 15.6. The average Bonchev–Trinajstić information content (AvgIpc) is 2.93. The topological polar surface area (TPSA) is 173 Å². The number of hydrogen-bond donors (Lipinski definition) is 5. The molecule has 0 heterocycles. The third kappa shape index (κ3) is 14.6. The second-order valence-electron chi connectivity index (χ2n) is 13.4. The molecule has 0 saturated carbocycles. The molecule has 0 saturated heterocycles. The minimum atomic E-state index is -0.768. The summed E-state index contributed by atoms with van der Waals surface area (Å²) in [6, 6.07) is 6.97. The second-order valence-corrected chi connectivity index (χ2v) is 14.4. The Morgan fingerprint density at radius 3 is 2.09 bits per heavy atom. The van der Waals surface area contributed by atoms with Crippen molar-refractivity contribution in [2.45, 2.75) is 105 Å². The number of guanidine groups is 1. The Morgan fingerprint density at radius 2 is 1.56 bits per heavy atom. The number of Topliss-reactive ketones (excluding diaryl/α,β-unsaturated/α-hetero) is 1. The first kappa shape index (κ1) is 39.7. The third-order valence-electron chi connectivity index (χ3n) is 8.24. The normalized spacial score (nSPS) is 14.3. The fraction of sp³-hybridized carbons (Fsp3) is 0.667. The Balaban J connectivity index is 2.75. The molecule has 0 aromatic heterocycles. The van der Waals surface area contributed by atoms with Crippen LogP contribution in [0.5, 0.6) is 0 Å². The lowest BCUT2D eigenvalue weighted by Gasteiger charge is -2.42. The van der Waals surface area contributed by atoms with Crippen molar-refractivity contribution in [1.29, 1.82) is 5.41 Å². The van der Waals surface area contributed by atoms with Crippen molar-refractivity contribution >= 4 is 41.5 Å². The molecule has 1 aromatic carbocycles. The zero-order valence-electron chi connectivity index (χ0n) is 28.6. The highest BCUT2D eigenvalue weighted by molar-refractivity contribution is 8.00. The van der Waals surface area contributed by atoms with Crippen LogP contribution >= 0.6 is 11.8 Å². The lowest BCUT2D eigenvalue weighted by atomic mass is 9.67. The number of carbonyl (C=O) groups excluding carboxylic acids is 4. The summed E-state index contributed by atoms with van der Waals surface area (Å²) in [5, 5.41) is 15.7. The van der Waals surface area contributed by atoms with Crippen molar-refractivity contribution < 1.29 is 28.7 Å². The molecule has 6 N–H and O–H groups in total. The SMILES string of the molecule is CC[C@@H](C)C(C)(C)[C@@H](C[C@](C)(CCNC(=N)N)C(C)=O)OC(=O)CSc1ccc(C(=O)NCCCNC(=O)OC(C)(C)C)cc1. The van der Waals surface area contributed by atoms with E-state index in [1.54, 1.807) is 52.0 Å². The van der Waals surface area contributed by atoms with Gasteiger partial charge in [-0.2, -0.15) is 0 Å². The molecule has 11 nitrogen and oxygen atoms in total. The maximum Gasteiger partial charge on any atom is 0.407 e. The monoisotopic (exact) mass is 649 g/mol. The fourth-order valence-electron chi connectivity index (χ4n) is 4.54. The highest BCUT2D eigenvalue weighted by Gasteiger charge is 2.43. The lowest BCUT2D eigenvalue weighted by molar-refractivity contribution is -0.159. The van der Waals surface area contributed by atoms with E-state index in [0.717, 1.165) is 11.3 Å². The highest BCUT2D eigenvalue weighted by atomic mass is 32.2. The largest absolute Gasteiger partial charge is 0.461 e. The van der Waals surface area contributed by atoms with Crippen LogP contribution in [0.1, 0.15) is 98.4 Å². The van der Waals surface area contributed by atoms with Gasteiger partial charge in [0.05, 0.1) is 5.75 Å². The molecule has 254 valence electrons. The third-order valence-corrected chi connectivity index (χ3v) is 9.23. The summed E-state index contributed by atoms with van der Waals surface area (Å²) in [4.78, 5) is 50.9. The Labute approximate surface area is 273 Å². The van der Waals surface area contributed by atoms with Crippen LogP contribution in [-0.2, 0) is 19.1 Å². The first-order valence-corrected chi connectivity index (χ1v) is 16.6. The van der Waals surface area contributed by atoms with Crippen molar-refractivity contribution in [2.75, 3.05) is 25.4 Å². The van der Waals surface area contributed by atoms with Crippen LogP contribution in [0, 0.1) is 22.2 Å². The van der Waals surface area contributed by atoms with Crippen LogP contribution in [0.15, 0.2) is 29.2 Å². The highest BCUT2D eigenvalue weighted by Crippen LogP contribution is 2.42. The maximum atomic E-state index is 13.1. The van der Waals surface area contributed by atoms with Crippen LogP contribution in [0.4, 0.5) is 4.79 Å². The van der Waals surface area contributed by atoms with E-state index >= 15 is 0 Å². The Bertz CT molecular complexity index is 1150. The minimum Gasteiger partial charge on any atom is -0.461 e. The molecule has 0 spiro atoms. The molecule has 0 unspecified atom stereocenters. The minimum absolute atomic E-state index is 0.00943. The molecule has 3 atom stereocenters. The van der Waals surface area contributed by atoms with Crippen molar-refractivity contribution in [1.82, 2.24) is 16.0 Å². The number of amides is 2. The van der Waals surface area contributed by atoms with E-state index in [2.05, 4.69) is 43.6 Å². The molecule has 1 aromatic rings. The molecule has 0 aliphatic carbocycles. The van der Waals surface area contributed by atoms with Gasteiger partial charge in [0.15, 0.2) is 5.96 Å². The van der Waals surface area contributed by atoms with E-state index in [1.807, 2.05) is 6.92 Å². The Kier molecular flexibility index (Phi) is 15.9. The van der Waals surface area contributed by atoms with E-state index in [0.29, 0.717) is 44.5 Å². The van der Waals surface area contributed by atoms with Crippen LogP contribution in [0.2, 0.25) is 0 Å². The molecule has 0 aliphatic rings. The summed E-state index contributed by atoms with van der Waals surface area (Å²) in [7, 11) is 0. The number of nitrogens with one attached hydrogen (secondary N) is 4. The molecular formula is C33H55N5O6S. The average molecular weight is 650 g/mol. The van der Waals surface area contributed by atoms with Gasteiger partial charge in [-0.1, -0.05) is 41.0 Å². The van der Waals surface area contributed by atoms with Crippen LogP contribution in [0.3, 0.4) is 0 Å². The van der Waals surface area contributed by atoms with Gasteiger partial charge < -0.3 is 31.2 Å². The van der Waals surface area contributed by atoms with Crippen LogP contribution in [0.25, 0.3) is 0 Å². The van der Waals surface area contributed by atoms with Crippen LogP contribution < -0.4 is 21.7 Å². The zero-order valence-corrected chi connectivity index (χ0v) is 29.4. The summed E-state index contributed by atoms with van der Waals surface area (Å²) in [6.45, 7) is 18.3. The standard InChI is InChI=1S/C33H55N5O6S/c1-10-22(2)32(7,8)26(20-33(9,23(3)39)16-19-37-29(34)35)43-27(40)21-45-25-14-12-24(13-15-25)28(41)36-17-11-18-38-30(42)44-31(4,5)6/h12-15,22,26H,10-11,16-21H2,1-9H3,(H,36,41)(H,38,42)(H4,34,35,37)/t22-,26-,33+/m1/s1. The summed E-state index contributed by atoms with van der Waals surface area (Å²) in [5.41, 5.74) is 4.19. The first-order chi connectivity index (χ1) is 20.8. The molecule has 45 heavy (non-hydrogen) atoms. The van der Waals surface area contributed by atoms with Gasteiger partial charge in [0.2, 0.25) is 0 Å². The van der Waals surface area contributed by atoms with E-state index < -0.39 is 23.2 Å². The van der Waals surface area contributed by atoms with Crippen molar-refractivity contribution in [2.24, 2.45) is 22.5 Å². The Morgan fingerprint density at radius 1 is 0.956 bits per heavy atom. The number of ketones is 1. The van der Waals surface area contributed by atoms with Crippen molar-refractivity contribution in [3.8, 4) is 0 Å². The summed E-state index contributed by atoms with van der Waals surface area (Å²) < 4.78 is 11.3. The maximum absolute atomic E-state index is 13.1. The summed E-state index contributed by atoms with van der Waals surface area (Å²) in [5.74, 6) is -0.467. The van der Waals surface area contributed by atoms with Crippen LogP contribution in [-0.4, -0.2) is 66.8 Å². The molecule has 0 fully saturated rings. The number of hydrogen-bond acceptors (Lipinski definition) is 8. The van der Waals surface area contributed by atoms with Gasteiger partial charge >= 0.3 is 12.1 Å². The molecule has 0 aliphatic heterocycles. The smallest absolute Gasteiger partial charge is 0.407 e. The predicted molar refractivity (Wildman–Crippen MR) is 179 cm³/mol. The molecule has 2 amide bonds. The number of benzene rings is 1. The van der Waals surface area contributed by atoms with Crippen molar-refractivity contribution in [3.05, 3.63) is 29.8 Å². The molecular weight excluding hydrogens is 594 g/mol. The lowest BCUT2D eigenvalue weighted by Crippen LogP contribution is -2.45. The number of alkyl carbamates (subject to hydrolysis) is 1. The second kappa shape index (κ2) is 18.0.